The molecule has 0 amide bonds. The lowest BCUT2D eigenvalue weighted by molar-refractivity contribution is 0.425. The Morgan fingerprint density at radius 3 is 2.59 bits per heavy atom. The first-order valence-electron chi connectivity index (χ1n) is 6.24. The molecule has 0 unspecified atom stereocenters. The highest BCUT2D eigenvalue weighted by molar-refractivity contribution is 5.38. The molecule has 0 aliphatic carbocycles. The van der Waals surface area contributed by atoms with Crippen molar-refractivity contribution in [2.24, 2.45) is 0 Å². The highest BCUT2D eigenvalue weighted by Crippen LogP contribution is 2.12. The second kappa shape index (κ2) is 6.01. The molecule has 1 aromatic heterocycles. The number of anilines is 1. The Bertz CT molecular complexity index is 314. The zero-order chi connectivity index (χ0) is 12.9. The van der Waals surface area contributed by atoms with Gasteiger partial charge in [0.25, 0.3) is 0 Å². The summed E-state index contributed by atoms with van der Waals surface area (Å²) in [6.07, 6.45) is 1.72. The second-order valence-corrected chi connectivity index (χ2v) is 5.58. The minimum absolute atomic E-state index is 0.167. The van der Waals surface area contributed by atoms with Crippen molar-refractivity contribution in [2.45, 2.75) is 46.2 Å². The smallest absolute Gasteiger partial charge is 0.128 e. The van der Waals surface area contributed by atoms with E-state index in [1.807, 2.05) is 12.1 Å². The molecule has 0 aromatic carbocycles. The van der Waals surface area contributed by atoms with Crippen molar-refractivity contribution in [1.82, 2.24) is 10.3 Å². The van der Waals surface area contributed by atoms with Crippen molar-refractivity contribution in [3.63, 3.8) is 0 Å². The van der Waals surface area contributed by atoms with Crippen LogP contribution in [-0.2, 0) is 0 Å². The van der Waals surface area contributed by atoms with E-state index in [1.54, 1.807) is 6.20 Å². The predicted octanol–water partition coefficient (Wildman–Crippen LogP) is 2.48. The Hall–Kier alpha value is -1.09. The molecule has 95 valence electrons. The summed E-state index contributed by atoms with van der Waals surface area (Å²) in [5.74, 6) is 1.02. The third-order valence-electron chi connectivity index (χ3n) is 2.53. The van der Waals surface area contributed by atoms with Crippen LogP contribution in [0, 0.1) is 6.07 Å². The third-order valence-corrected chi connectivity index (χ3v) is 2.53. The molecule has 0 aliphatic rings. The van der Waals surface area contributed by atoms with Gasteiger partial charge < -0.3 is 10.2 Å². The average Bonchev–Trinajstić information content (AvgIpc) is 2.23. The lowest BCUT2D eigenvalue weighted by Gasteiger charge is -2.30. The zero-order valence-corrected chi connectivity index (χ0v) is 11.6. The molecule has 0 atom stereocenters. The lowest BCUT2D eigenvalue weighted by Crippen LogP contribution is -2.43. The third kappa shape index (κ3) is 5.18. The molecule has 1 heterocycles. The van der Waals surface area contributed by atoms with E-state index in [0.717, 1.165) is 18.9 Å². The number of nitrogens with one attached hydrogen (secondary N) is 1. The van der Waals surface area contributed by atoms with Crippen molar-refractivity contribution >= 4 is 5.82 Å². The fourth-order valence-corrected chi connectivity index (χ4v) is 1.67. The number of hydrogen-bond donors (Lipinski definition) is 1. The fraction of sp³-hybridized carbons (Fsp3) is 0.643. The van der Waals surface area contributed by atoms with Crippen molar-refractivity contribution in [3.8, 4) is 0 Å². The second-order valence-electron chi connectivity index (χ2n) is 5.58. The Morgan fingerprint density at radius 2 is 2.12 bits per heavy atom. The van der Waals surface area contributed by atoms with Gasteiger partial charge in [0, 0.05) is 36.9 Å². The molecule has 0 fully saturated rings. The highest BCUT2D eigenvalue weighted by Gasteiger charge is 2.13. The summed E-state index contributed by atoms with van der Waals surface area (Å²) in [4.78, 5) is 6.66. The molecule has 1 radical (unpaired) electrons. The first-order chi connectivity index (χ1) is 7.90. The maximum absolute atomic E-state index is 4.36. The maximum atomic E-state index is 4.36. The van der Waals surface area contributed by atoms with E-state index in [9.17, 15) is 0 Å². The zero-order valence-electron chi connectivity index (χ0n) is 11.6. The Balaban J connectivity index is 2.57. The van der Waals surface area contributed by atoms with Gasteiger partial charge >= 0.3 is 0 Å². The minimum atomic E-state index is 0.167. The van der Waals surface area contributed by atoms with Gasteiger partial charge in [-0.2, -0.15) is 0 Å². The molecule has 0 aliphatic heterocycles. The molecule has 3 heteroatoms. The Kier molecular flexibility index (Phi) is 4.94. The van der Waals surface area contributed by atoms with Crippen molar-refractivity contribution in [3.05, 3.63) is 24.4 Å². The van der Waals surface area contributed by atoms with E-state index < -0.39 is 0 Å². The first kappa shape index (κ1) is 14.0. The first-order valence-corrected chi connectivity index (χ1v) is 6.24. The van der Waals surface area contributed by atoms with E-state index in [4.69, 9.17) is 0 Å². The number of aromatic nitrogens is 1. The van der Waals surface area contributed by atoms with Crippen LogP contribution in [0.25, 0.3) is 0 Å². The molecule has 1 aromatic rings. The molecule has 0 saturated heterocycles. The predicted molar refractivity (Wildman–Crippen MR) is 73.3 cm³/mol. The van der Waals surface area contributed by atoms with E-state index in [1.165, 1.54) is 0 Å². The number of hydrogen-bond acceptors (Lipinski definition) is 3. The largest absolute Gasteiger partial charge is 0.353 e. The Morgan fingerprint density at radius 1 is 1.41 bits per heavy atom. The van der Waals surface area contributed by atoms with Gasteiger partial charge in [-0.15, -0.1) is 0 Å². The van der Waals surface area contributed by atoms with Crippen LogP contribution in [-0.4, -0.2) is 29.7 Å². The molecule has 0 spiro atoms. The molecule has 1 N–H and O–H groups in total. The average molecular weight is 234 g/mol. The van der Waals surface area contributed by atoms with Crippen LogP contribution < -0.4 is 10.2 Å². The van der Waals surface area contributed by atoms with E-state index in [0.29, 0.717) is 6.04 Å². The van der Waals surface area contributed by atoms with E-state index in [-0.39, 0.29) is 5.54 Å². The van der Waals surface area contributed by atoms with Crippen LogP contribution in [0.15, 0.2) is 18.3 Å². The number of pyridine rings is 1. The monoisotopic (exact) mass is 234 g/mol. The van der Waals surface area contributed by atoms with Crippen molar-refractivity contribution in [1.29, 1.82) is 0 Å². The van der Waals surface area contributed by atoms with Gasteiger partial charge in [0.15, 0.2) is 0 Å². The molecule has 3 nitrogen and oxygen atoms in total. The number of nitrogens with zero attached hydrogens (tertiary/aromatic N) is 2. The van der Waals surface area contributed by atoms with Crippen LogP contribution in [0.2, 0.25) is 0 Å². The van der Waals surface area contributed by atoms with Crippen LogP contribution >= 0.6 is 0 Å². The summed E-state index contributed by atoms with van der Waals surface area (Å²) in [5.41, 5.74) is 0.167. The summed E-state index contributed by atoms with van der Waals surface area (Å²) in [7, 11) is 0. The quantitative estimate of drug-likeness (QED) is 0.848. The van der Waals surface area contributed by atoms with Gasteiger partial charge in [-0.3, -0.25) is 0 Å². The summed E-state index contributed by atoms with van der Waals surface area (Å²) < 4.78 is 0. The van der Waals surface area contributed by atoms with Crippen LogP contribution in [0.3, 0.4) is 0 Å². The summed E-state index contributed by atoms with van der Waals surface area (Å²) >= 11 is 0. The topological polar surface area (TPSA) is 28.2 Å². The summed E-state index contributed by atoms with van der Waals surface area (Å²) in [6.45, 7) is 12.9. The van der Waals surface area contributed by atoms with E-state index >= 15 is 0 Å². The van der Waals surface area contributed by atoms with Crippen LogP contribution in [0.4, 0.5) is 5.82 Å². The summed E-state index contributed by atoms with van der Waals surface area (Å²) in [6, 6.07) is 7.33. The fourth-order valence-electron chi connectivity index (χ4n) is 1.67. The normalized spacial score (nSPS) is 11.9. The van der Waals surface area contributed by atoms with Gasteiger partial charge in [0.2, 0.25) is 0 Å². The van der Waals surface area contributed by atoms with Gasteiger partial charge in [-0.05, 0) is 46.8 Å². The molecule has 1 rings (SSSR count). The molecular formula is C14H24N3. The van der Waals surface area contributed by atoms with E-state index in [2.05, 4.69) is 55.9 Å². The SMILES string of the molecule is CC(C)N(CCNC(C)(C)C)c1cc[c]cn1. The van der Waals surface area contributed by atoms with Crippen molar-refractivity contribution in [2.75, 3.05) is 18.0 Å². The highest BCUT2D eigenvalue weighted by atomic mass is 15.2. The van der Waals surface area contributed by atoms with Gasteiger partial charge in [-0.1, -0.05) is 0 Å². The molecule has 17 heavy (non-hydrogen) atoms. The molecule has 0 saturated carbocycles. The minimum Gasteiger partial charge on any atom is -0.353 e. The van der Waals surface area contributed by atoms with Crippen LogP contribution in [0.1, 0.15) is 34.6 Å². The molecular weight excluding hydrogens is 210 g/mol. The van der Waals surface area contributed by atoms with Gasteiger partial charge in [-0.25, -0.2) is 4.98 Å². The maximum Gasteiger partial charge on any atom is 0.128 e. The lowest BCUT2D eigenvalue weighted by atomic mass is 10.1. The van der Waals surface area contributed by atoms with Gasteiger partial charge in [0.1, 0.15) is 5.82 Å². The summed E-state index contributed by atoms with van der Waals surface area (Å²) in [5, 5.41) is 3.50. The van der Waals surface area contributed by atoms with Gasteiger partial charge in [0.05, 0.1) is 0 Å². The standard InChI is InChI=1S/C14H24N3/c1-12(2)17(11-10-16-14(3,4)5)13-8-6-7-9-15-13/h6,8-9,12,16H,10-11H2,1-5H3. The number of rotatable bonds is 5. The van der Waals surface area contributed by atoms with Crippen molar-refractivity contribution < 1.29 is 0 Å². The van der Waals surface area contributed by atoms with Crippen LogP contribution in [0.5, 0.6) is 0 Å². The Labute approximate surface area is 105 Å². The molecule has 0 bridgehead atoms.